The maximum Gasteiger partial charge on any atom is 0.407 e. The summed E-state index contributed by atoms with van der Waals surface area (Å²) in [4.78, 5) is 11.8. The maximum atomic E-state index is 11.8. The van der Waals surface area contributed by atoms with Crippen molar-refractivity contribution in [1.29, 1.82) is 0 Å². The lowest BCUT2D eigenvalue weighted by atomic mass is 9.41. The largest absolute Gasteiger partial charge is 0.446 e. The van der Waals surface area contributed by atoms with E-state index in [0.717, 1.165) is 42.4 Å². The van der Waals surface area contributed by atoms with Crippen LogP contribution in [0.15, 0.2) is 11.6 Å². The van der Waals surface area contributed by atoms with Gasteiger partial charge in [0.25, 0.3) is 0 Å². The minimum atomic E-state index is -0.280. The molecule has 4 aliphatic carbocycles. The van der Waals surface area contributed by atoms with E-state index < -0.39 is 0 Å². The molecule has 3 saturated carbocycles. The zero-order valence-electron chi connectivity index (χ0n) is 22.6. The smallest absolute Gasteiger partial charge is 0.407 e. The molecule has 3 heteroatoms. The standard InChI is InChI=1S/C30H51NO2/c1-20(2)9-8-10-21(3)24-11-12-25-29(24,5)18-15-26-28(4)17-14-23(33-27(32)31-7)19-22(28)13-16-30(25,26)6/h13,20-21,23-26H,8-12,14-19H2,1-7H3,(H,31,32)/t21-,23+,24-,25-,26-,28+,29-,30+/m1/s1. The number of ether oxygens (including phenoxy) is 1. The minimum Gasteiger partial charge on any atom is -0.446 e. The highest BCUT2D eigenvalue weighted by Gasteiger charge is 2.64. The minimum absolute atomic E-state index is 0.0463. The molecule has 1 N–H and O–H groups in total. The highest BCUT2D eigenvalue weighted by atomic mass is 16.6. The number of nitrogens with one attached hydrogen (secondary N) is 1. The molecule has 0 aromatic rings. The lowest BCUT2D eigenvalue weighted by molar-refractivity contribution is -0.114. The third kappa shape index (κ3) is 4.29. The quantitative estimate of drug-likeness (QED) is 0.409. The number of carbonyl (C=O) groups excluding carboxylic acids is 1. The zero-order valence-corrected chi connectivity index (χ0v) is 22.6. The Morgan fingerprint density at radius 2 is 1.79 bits per heavy atom. The molecule has 4 aliphatic rings. The molecule has 0 unspecified atom stereocenters. The van der Waals surface area contributed by atoms with Crippen LogP contribution in [0, 0.1) is 45.8 Å². The van der Waals surface area contributed by atoms with Crippen molar-refractivity contribution in [2.75, 3.05) is 7.05 Å². The summed E-state index contributed by atoms with van der Waals surface area (Å²) < 4.78 is 5.68. The Bertz CT molecular complexity index is 758. The molecule has 0 radical (unpaired) electrons. The van der Waals surface area contributed by atoms with E-state index in [-0.39, 0.29) is 17.6 Å². The van der Waals surface area contributed by atoms with Crippen molar-refractivity contribution < 1.29 is 9.53 Å². The summed E-state index contributed by atoms with van der Waals surface area (Å²) in [7, 11) is 1.65. The van der Waals surface area contributed by atoms with Crippen LogP contribution >= 0.6 is 0 Å². The monoisotopic (exact) mass is 457 g/mol. The van der Waals surface area contributed by atoms with Gasteiger partial charge < -0.3 is 10.1 Å². The summed E-state index contributed by atoms with van der Waals surface area (Å²) in [5.41, 5.74) is 2.82. The van der Waals surface area contributed by atoms with E-state index in [1.807, 2.05) is 0 Å². The number of allylic oxidation sites excluding steroid dienone is 1. The first-order valence-corrected chi connectivity index (χ1v) is 14.1. The van der Waals surface area contributed by atoms with E-state index in [0.29, 0.717) is 10.8 Å². The first-order chi connectivity index (χ1) is 15.5. The highest BCUT2D eigenvalue weighted by Crippen LogP contribution is 2.72. The molecule has 0 aliphatic heterocycles. The average molecular weight is 458 g/mol. The Morgan fingerprint density at radius 3 is 2.48 bits per heavy atom. The normalized spacial score (nSPS) is 43.2. The number of amides is 1. The van der Waals surface area contributed by atoms with Crippen LogP contribution in [0.1, 0.15) is 112 Å². The van der Waals surface area contributed by atoms with Crippen molar-refractivity contribution in [2.45, 2.75) is 118 Å². The van der Waals surface area contributed by atoms with E-state index in [1.54, 1.807) is 12.6 Å². The van der Waals surface area contributed by atoms with Gasteiger partial charge in [-0.25, -0.2) is 4.79 Å². The van der Waals surface area contributed by atoms with Gasteiger partial charge in [-0.15, -0.1) is 0 Å². The van der Waals surface area contributed by atoms with Crippen molar-refractivity contribution in [3.05, 3.63) is 11.6 Å². The topological polar surface area (TPSA) is 38.3 Å². The van der Waals surface area contributed by atoms with Crippen LogP contribution in [0.25, 0.3) is 0 Å². The molecular weight excluding hydrogens is 406 g/mol. The van der Waals surface area contributed by atoms with Gasteiger partial charge in [-0.05, 0) is 90.8 Å². The number of hydrogen-bond acceptors (Lipinski definition) is 2. The second-order valence-corrected chi connectivity index (χ2v) is 13.5. The predicted molar refractivity (Wildman–Crippen MR) is 137 cm³/mol. The fourth-order valence-corrected chi connectivity index (χ4v) is 9.62. The van der Waals surface area contributed by atoms with Gasteiger partial charge in [0.2, 0.25) is 0 Å². The highest BCUT2D eigenvalue weighted by molar-refractivity contribution is 5.66. The number of fused-ring (bicyclic) bond motifs is 5. The van der Waals surface area contributed by atoms with Crippen LogP contribution in [0.5, 0.6) is 0 Å². The van der Waals surface area contributed by atoms with Crippen molar-refractivity contribution in [2.24, 2.45) is 45.8 Å². The van der Waals surface area contributed by atoms with Crippen molar-refractivity contribution >= 4 is 6.09 Å². The van der Waals surface area contributed by atoms with E-state index >= 15 is 0 Å². The van der Waals surface area contributed by atoms with E-state index in [4.69, 9.17) is 4.74 Å². The van der Waals surface area contributed by atoms with Gasteiger partial charge in [-0.3, -0.25) is 0 Å². The number of hydrogen-bond donors (Lipinski definition) is 1. The second-order valence-electron chi connectivity index (χ2n) is 13.5. The van der Waals surface area contributed by atoms with Crippen LogP contribution in [0.4, 0.5) is 4.79 Å². The van der Waals surface area contributed by atoms with Gasteiger partial charge in [0.15, 0.2) is 0 Å². The maximum absolute atomic E-state index is 11.8. The molecule has 0 bridgehead atoms. The van der Waals surface area contributed by atoms with Crippen LogP contribution < -0.4 is 5.32 Å². The molecule has 0 heterocycles. The van der Waals surface area contributed by atoms with Crippen molar-refractivity contribution in [3.63, 3.8) is 0 Å². The Balaban J connectivity index is 1.51. The number of rotatable bonds is 6. The fraction of sp³-hybridized carbons (Fsp3) is 0.900. The van der Waals surface area contributed by atoms with Gasteiger partial charge in [-0.1, -0.05) is 72.5 Å². The Morgan fingerprint density at radius 1 is 1.03 bits per heavy atom. The van der Waals surface area contributed by atoms with Gasteiger partial charge in [-0.2, -0.15) is 0 Å². The van der Waals surface area contributed by atoms with Gasteiger partial charge >= 0.3 is 6.09 Å². The molecule has 3 fully saturated rings. The van der Waals surface area contributed by atoms with Crippen LogP contribution in [0.2, 0.25) is 0 Å². The number of carbonyl (C=O) groups is 1. The molecule has 33 heavy (non-hydrogen) atoms. The first-order valence-electron chi connectivity index (χ1n) is 14.1. The Kier molecular flexibility index (Phi) is 7.02. The van der Waals surface area contributed by atoms with Crippen LogP contribution in [-0.4, -0.2) is 19.2 Å². The zero-order chi connectivity index (χ0) is 24.0. The van der Waals surface area contributed by atoms with Gasteiger partial charge in [0.1, 0.15) is 6.10 Å². The SMILES string of the molecule is CNC(=O)O[C@H]1CC[C@@]2(C)C(=CC[C@@]3(C)[C@@H]4CC[C@H]([C@H](C)CCCC(C)C)[C@@]4(C)CC[C@@H]32)C1. The molecular formula is C30H51NO2. The third-order valence-electron chi connectivity index (χ3n) is 11.3. The molecule has 188 valence electrons. The molecule has 0 spiro atoms. The summed E-state index contributed by atoms with van der Waals surface area (Å²) in [6, 6.07) is 0. The summed E-state index contributed by atoms with van der Waals surface area (Å²) in [5, 5.41) is 2.63. The second kappa shape index (κ2) is 9.23. The lowest BCUT2D eigenvalue weighted by Crippen LogP contribution is -2.56. The summed E-state index contributed by atoms with van der Waals surface area (Å²) in [6.45, 7) is 15.2. The Hall–Kier alpha value is -0.990. The van der Waals surface area contributed by atoms with Crippen molar-refractivity contribution in [1.82, 2.24) is 5.32 Å². The molecule has 8 atom stereocenters. The van der Waals surface area contributed by atoms with Gasteiger partial charge in [0, 0.05) is 13.5 Å². The van der Waals surface area contributed by atoms with Crippen LogP contribution in [0.3, 0.4) is 0 Å². The predicted octanol–water partition coefficient (Wildman–Crippen LogP) is 8.14. The van der Waals surface area contributed by atoms with Crippen LogP contribution in [-0.2, 0) is 4.74 Å². The lowest BCUT2D eigenvalue weighted by Gasteiger charge is -2.63. The number of alkyl carbamates (subject to hydrolysis) is 1. The van der Waals surface area contributed by atoms with E-state index in [2.05, 4.69) is 52.9 Å². The fourth-order valence-electron chi connectivity index (χ4n) is 9.62. The Labute approximate surface area is 203 Å². The first kappa shape index (κ1) is 25.1. The summed E-state index contributed by atoms with van der Waals surface area (Å²) in [5.74, 6) is 4.23. The summed E-state index contributed by atoms with van der Waals surface area (Å²) >= 11 is 0. The third-order valence-corrected chi connectivity index (χ3v) is 11.3. The van der Waals surface area contributed by atoms with Gasteiger partial charge in [0.05, 0.1) is 0 Å². The molecule has 1 amide bonds. The molecule has 0 aromatic heterocycles. The average Bonchev–Trinajstić information content (AvgIpc) is 3.12. The molecule has 0 aromatic carbocycles. The van der Waals surface area contributed by atoms with E-state index in [9.17, 15) is 4.79 Å². The molecule has 4 rings (SSSR count). The molecule has 3 nitrogen and oxygen atoms in total. The summed E-state index contributed by atoms with van der Waals surface area (Å²) in [6.07, 6.45) is 16.6. The molecule has 0 saturated heterocycles. The van der Waals surface area contributed by atoms with Crippen molar-refractivity contribution in [3.8, 4) is 0 Å². The van der Waals surface area contributed by atoms with E-state index in [1.165, 1.54) is 57.8 Å².